The molecule has 0 fully saturated rings. The molecule has 1 N–H and O–H groups in total. The third-order valence-electron chi connectivity index (χ3n) is 2.61. The Morgan fingerprint density at radius 2 is 2.06 bits per heavy atom. The number of sulfone groups is 1. The molecule has 0 heterocycles. The molecule has 1 unspecified atom stereocenters. The van der Waals surface area contributed by atoms with Crippen molar-refractivity contribution in [3.8, 4) is 0 Å². The average molecular weight is 321 g/mol. The molecule has 0 aliphatic rings. The number of aliphatic hydroxyl groups is 1. The van der Waals surface area contributed by atoms with E-state index >= 15 is 0 Å². The molecule has 0 radical (unpaired) electrons. The van der Waals surface area contributed by atoms with E-state index in [9.17, 15) is 8.42 Å². The highest BCUT2D eigenvalue weighted by atomic mass is 79.9. The van der Waals surface area contributed by atoms with E-state index in [2.05, 4.69) is 15.9 Å². The van der Waals surface area contributed by atoms with Gasteiger partial charge in [0.1, 0.15) is 0 Å². The normalized spacial score (nSPS) is 13.6. The molecule has 1 aromatic carbocycles. The van der Waals surface area contributed by atoms with Crippen LogP contribution >= 0.6 is 15.9 Å². The molecular weight excluding hydrogens is 304 g/mol. The summed E-state index contributed by atoms with van der Waals surface area (Å²) < 4.78 is 24.7. The summed E-state index contributed by atoms with van der Waals surface area (Å²) in [7, 11) is -3.17. The van der Waals surface area contributed by atoms with Gasteiger partial charge in [-0.3, -0.25) is 0 Å². The van der Waals surface area contributed by atoms with Crippen LogP contribution in [0.5, 0.6) is 0 Å². The lowest BCUT2D eigenvalue weighted by Gasteiger charge is -2.11. The molecule has 0 aliphatic heterocycles. The summed E-state index contributed by atoms with van der Waals surface area (Å²) in [6, 6.07) is 5.54. The summed E-state index contributed by atoms with van der Waals surface area (Å²) in [6.45, 7) is 3.52. The van der Waals surface area contributed by atoms with E-state index in [4.69, 9.17) is 5.11 Å². The zero-order valence-electron chi connectivity index (χ0n) is 9.98. The molecule has 1 rings (SSSR count). The van der Waals surface area contributed by atoms with Crippen molar-refractivity contribution in [1.82, 2.24) is 0 Å². The van der Waals surface area contributed by atoms with Crippen molar-refractivity contribution in [3.05, 3.63) is 33.8 Å². The molecule has 96 valence electrons. The molecule has 1 atom stereocenters. The molecule has 17 heavy (non-hydrogen) atoms. The second kappa shape index (κ2) is 5.98. The molecule has 3 nitrogen and oxygen atoms in total. The van der Waals surface area contributed by atoms with Gasteiger partial charge in [-0.05, 0) is 30.0 Å². The van der Waals surface area contributed by atoms with Crippen LogP contribution in [0, 0.1) is 12.8 Å². The third-order valence-corrected chi connectivity index (χ3v) is 5.29. The van der Waals surface area contributed by atoms with E-state index in [0.717, 1.165) is 15.6 Å². The van der Waals surface area contributed by atoms with E-state index in [1.807, 2.05) is 25.1 Å². The number of hydrogen-bond donors (Lipinski definition) is 1. The fourth-order valence-electron chi connectivity index (χ4n) is 1.59. The zero-order valence-corrected chi connectivity index (χ0v) is 12.4. The minimum absolute atomic E-state index is 0.0233. The SMILES string of the molecule is Cc1c(Br)cccc1CS(=O)(=O)CC(C)CO. The monoisotopic (exact) mass is 320 g/mol. The van der Waals surface area contributed by atoms with Gasteiger partial charge in [0.2, 0.25) is 0 Å². The molecule has 1 aromatic rings. The van der Waals surface area contributed by atoms with Gasteiger partial charge >= 0.3 is 0 Å². The summed E-state index contributed by atoms with van der Waals surface area (Å²) in [5.41, 5.74) is 1.76. The van der Waals surface area contributed by atoms with Crippen LogP contribution in [0.25, 0.3) is 0 Å². The first-order valence-corrected chi connectivity index (χ1v) is 8.02. The van der Waals surface area contributed by atoms with E-state index in [1.165, 1.54) is 0 Å². The summed E-state index contributed by atoms with van der Waals surface area (Å²) >= 11 is 3.38. The number of benzene rings is 1. The van der Waals surface area contributed by atoms with Crippen molar-refractivity contribution >= 4 is 25.8 Å². The highest BCUT2D eigenvalue weighted by Crippen LogP contribution is 2.21. The Morgan fingerprint density at radius 3 is 2.65 bits per heavy atom. The molecular formula is C12H17BrO3S. The quantitative estimate of drug-likeness (QED) is 0.905. The maximum Gasteiger partial charge on any atom is 0.154 e. The summed E-state index contributed by atoms with van der Waals surface area (Å²) in [4.78, 5) is 0. The highest BCUT2D eigenvalue weighted by molar-refractivity contribution is 9.10. The number of hydrogen-bond acceptors (Lipinski definition) is 3. The molecule has 0 spiro atoms. The van der Waals surface area contributed by atoms with Crippen LogP contribution in [-0.4, -0.2) is 25.9 Å². The Bertz CT molecular complexity index is 483. The fourth-order valence-corrected chi connectivity index (χ4v) is 3.87. The van der Waals surface area contributed by atoms with Gasteiger partial charge in [0.25, 0.3) is 0 Å². The first-order valence-electron chi connectivity index (χ1n) is 5.41. The lowest BCUT2D eigenvalue weighted by atomic mass is 10.1. The number of halogens is 1. The highest BCUT2D eigenvalue weighted by Gasteiger charge is 2.17. The Balaban J connectivity index is 2.87. The maximum absolute atomic E-state index is 11.9. The van der Waals surface area contributed by atoms with Crippen molar-refractivity contribution in [3.63, 3.8) is 0 Å². The molecule has 5 heteroatoms. The first-order chi connectivity index (χ1) is 7.85. The van der Waals surface area contributed by atoms with E-state index in [-0.39, 0.29) is 24.0 Å². The van der Waals surface area contributed by atoms with Gasteiger partial charge in [0, 0.05) is 11.1 Å². The largest absolute Gasteiger partial charge is 0.396 e. The van der Waals surface area contributed by atoms with Gasteiger partial charge in [0.15, 0.2) is 9.84 Å². The number of aliphatic hydroxyl groups excluding tert-OH is 1. The van der Waals surface area contributed by atoms with Crippen LogP contribution < -0.4 is 0 Å². The summed E-state index contributed by atoms with van der Waals surface area (Å²) in [5, 5.41) is 8.89. The van der Waals surface area contributed by atoms with E-state index in [0.29, 0.717) is 0 Å². The predicted molar refractivity (Wildman–Crippen MR) is 72.6 cm³/mol. The second-order valence-corrected chi connectivity index (χ2v) is 7.33. The molecule has 0 saturated carbocycles. The van der Waals surface area contributed by atoms with Crippen molar-refractivity contribution in [1.29, 1.82) is 0 Å². The van der Waals surface area contributed by atoms with Gasteiger partial charge in [-0.25, -0.2) is 8.42 Å². The minimum Gasteiger partial charge on any atom is -0.396 e. The summed E-state index contributed by atoms with van der Waals surface area (Å²) in [6.07, 6.45) is 0. The number of rotatable bonds is 5. The van der Waals surface area contributed by atoms with Crippen LogP contribution in [0.2, 0.25) is 0 Å². The first kappa shape index (κ1) is 14.7. The van der Waals surface area contributed by atoms with Crippen LogP contribution in [-0.2, 0) is 15.6 Å². The third kappa shape index (κ3) is 4.41. The van der Waals surface area contributed by atoms with Crippen molar-refractivity contribution in [2.75, 3.05) is 12.4 Å². The van der Waals surface area contributed by atoms with E-state index < -0.39 is 9.84 Å². The molecule has 0 saturated heterocycles. The van der Waals surface area contributed by atoms with Gasteiger partial charge in [-0.1, -0.05) is 35.0 Å². The maximum atomic E-state index is 11.9. The molecule has 0 aromatic heterocycles. The Kier molecular flexibility index (Phi) is 5.16. The lowest BCUT2D eigenvalue weighted by Crippen LogP contribution is -2.18. The smallest absolute Gasteiger partial charge is 0.154 e. The van der Waals surface area contributed by atoms with Gasteiger partial charge in [0.05, 0.1) is 11.5 Å². The van der Waals surface area contributed by atoms with Gasteiger partial charge in [-0.2, -0.15) is 0 Å². The van der Waals surface area contributed by atoms with E-state index in [1.54, 1.807) is 6.92 Å². The summed E-state index contributed by atoms with van der Waals surface area (Å²) in [5.74, 6) is -0.162. The van der Waals surface area contributed by atoms with Crippen molar-refractivity contribution in [2.45, 2.75) is 19.6 Å². The van der Waals surface area contributed by atoms with Gasteiger partial charge < -0.3 is 5.11 Å². The van der Waals surface area contributed by atoms with Crippen molar-refractivity contribution in [2.24, 2.45) is 5.92 Å². The Morgan fingerprint density at radius 1 is 1.41 bits per heavy atom. The topological polar surface area (TPSA) is 54.4 Å². The second-order valence-electron chi connectivity index (χ2n) is 4.37. The zero-order chi connectivity index (χ0) is 13.1. The Hall–Kier alpha value is -0.390. The molecule has 0 aliphatic carbocycles. The lowest BCUT2D eigenvalue weighted by molar-refractivity contribution is 0.249. The standard InChI is InChI=1S/C12H17BrO3S/c1-9(6-14)7-17(15,16)8-11-4-3-5-12(13)10(11)2/h3-5,9,14H,6-8H2,1-2H3. The van der Waals surface area contributed by atoms with Crippen LogP contribution in [0.3, 0.4) is 0 Å². The van der Waals surface area contributed by atoms with Crippen LogP contribution in [0.4, 0.5) is 0 Å². The van der Waals surface area contributed by atoms with Crippen molar-refractivity contribution < 1.29 is 13.5 Å². The molecule has 0 amide bonds. The minimum atomic E-state index is -3.17. The fraction of sp³-hybridized carbons (Fsp3) is 0.500. The average Bonchev–Trinajstić information content (AvgIpc) is 2.23. The predicted octanol–water partition coefficient (Wildman–Crippen LogP) is 2.30. The Labute approximate surface area is 111 Å². The van der Waals surface area contributed by atoms with Crippen LogP contribution in [0.15, 0.2) is 22.7 Å². The van der Waals surface area contributed by atoms with Crippen LogP contribution in [0.1, 0.15) is 18.1 Å². The van der Waals surface area contributed by atoms with Gasteiger partial charge in [-0.15, -0.1) is 0 Å². The molecule has 0 bridgehead atoms.